The van der Waals surface area contributed by atoms with Crippen LogP contribution in [0.5, 0.6) is 11.5 Å². The Morgan fingerprint density at radius 1 is 0.865 bits per heavy atom. The summed E-state index contributed by atoms with van der Waals surface area (Å²) in [5.41, 5.74) is 2.11. The maximum Gasteiger partial charge on any atom is 0.243 e. The van der Waals surface area contributed by atoms with Crippen molar-refractivity contribution in [2.45, 2.75) is 30.7 Å². The van der Waals surface area contributed by atoms with Crippen LogP contribution in [0.25, 0.3) is 0 Å². The summed E-state index contributed by atoms with van der Waals surface area (Å²) in [6.07, 6.45) is 2.81. The number of likely N-dealkylation sites (tertiary alicyclic amines) is 1. The van der Waals surface area contributed by atoms with Crippen molar-refractivity contribution in [3.05, 3.63) is 90.0 Å². The van der Waals surface area contributed by atoms with Crippen LogP contribution in [0.2, 0.25) is 0 Å². The quantitative estimate of drug-likeness (QED) is 0.395. The van der Waals surface area contributed by atoms with Crippen molar-refractivity contribution in [1.29, 1.82) is 0 Å². The van der Waals surface area contributed by atoms with Crippen molar-refractivity contribution in [1.82, 2.24) is 9.21 Å². The van der Waals surface area contributed by atoms with Crippen molar-refractivity contribution >= 4 is 15.9 Å². The van der Waals surface area contributed by atoms with Crippen LogP contribution in [0.1, 0.15) is 24.0 Å². The van der Waals surface area contributed by atoms with Crippen LogP contribution < -0.4 is 9.47 Å². The lowest BCUT2D eigenvalue weighted by molar-refractivity contribution is -0.132. The number of rotatable bonds is 10. The summed E-state index contributed by atoms with van der Waals surface area (Å²) in [5.74, 6) is 1.08. The van der Waals surface area contributed by atoms with Crippen LogP contribution in [-0.2, 0) is 27.8 Å². The zero-order valence-corrected chi connectivity index (χ0v) is 22.2. The van der Waals surface area contributed by atoms with Crippen LogP contribution in [-0.4, -0.2) is 57.4 Å². The van der Waals surface area contributed by atoms with E-state index in [0.717, 1.165) is 24.8 Å². The minimum atomic E-state index is -3.99. The molecule has 0 bridgehead atoms. The van der Waals surface area contributed by atoms with E-state index < -0.39 is 10.0 Å². The molecule has 0 saturated carbocycles. The van der Waals surface area contributed by atoms with Gasteiger partial charge in [-0.3, -0.25) is 4.79 Å². The minimum absolute atomic E-state index is 0.0513. The second kappa shape index (κ2) is 12.3. The van der Waals surface area contributed by atoms with E-state index in [1.807, 2.05) is 48.5 Å². The van der Waals surface area contributed by atoms with Crippen molar-refractivity contribution in [2.75, 3.05) is 33.9 Å². The number of amides is 1. The number of benzene rings is 3. The summed E-state index contributed by atoms with van der Waals surface area (Å²) >= 11 is 0. The third kappa shape index (κ3) is 6.70. The molecular formula is C29H34N2O5S. The fraction of sp³-hybridized carbons (Fsp3) is 0.345. The summed E-state index contributed by atoms with van der Waals surface area (Å²) in [4.78, 5) is 15.2. The first-order valence-electron chi connectivity index (χ1n) is 12.5. The molecule has 7 nitrogen and oxygen atoms in total. The fourth-order valence-electron chi connectivity index (χ4n) is 4.72. The smallest absolute Gasteiger partial charge is 0.243 e. The monoisotopic (exact) mass is 522 g/mol. The van der Waals surface area contributed by atoms with Gasteiger partial charge in [-0.25, -0.2) is 8.42 Å². The molecule has 3 aromatic carbocycles. The number of carbonyl (C=O) groups is 1. The predicted molar refractivity (Wildman–Crippen MR) is 143 cm³/mol. The average Bonchev–Trinajstić information content (AvgIpc) is 2.93. The lowest BCUT2D eigenvalue weighted by Crippen LogP contribution is -2.45. The number of hydrogen-bond acceptors (Lipinski definition) is 5. The van der Waals surface area contributed by atoms with Gasteiger partial charge in [-0.1, -0.05) is 60.7 Å². The van der Waals surface area contributed by atoms with Crippen molar-refractivity contribution in [3.63, 3.8) is 0 Å². The molecule has 0 N–H and O–H groups in total. The van der Waals surface area contributed by atoms with E-state index in [9.17, 15) is 13.2 Å². The highest BCUT2D eigenvalue weighted by Crippen LogP contribution is 2.31. The van der Waals surface area contributed by atoms with E-state index in [0.29, 0.717) is 30.5 Å². The number of sulfonamides is 1. The van der Waals surface area contributed by atoms with Gasteiger partial charge in [0.2, 0.25) is 15.9 Å². The molecule has 0 spiro atoms. The van der Waals surface area contributed by atoms with E-state index in [1.54, 1.807) is 11.0 Å². The summed E-state index contributed by atoms with van der Waals surface area (Å²) < 4.78 is 39.3. The van der Waals surface area contributed by atoms with Gasteiger partial charge >= 0.3 is 0 Å². The van der Waals surface area contributed by atoms with Crippen LogP contribution in [0.4, 0.5) is 0 Å². The Bertz CT molecular complexity index is 1270. The number of hydrogen-bond donors (Lipinski definition) is 0. The highest BCUT2D eigenvalue weighted by molar-refractivity contribution is 7.89. The molecule has 0 atom stereocenters. The molecule has 3 aromatic rings. The Balaban J connectivity index is 1.49. The second-order valence-corrected chi connectivity index (χ2v) is 11.2. The number of carbonyl (C=O) groups excluding carboxylic acids is 1. The summed E-state index contributed by atoms with van der Waals surface area (Å²) in [6, 6.07) is 24.2. The maximum atomic E-state index is 13.7. The van der Waals surface area contributed by atoms with Gasteiger partial charge < -0.3 is 14.4 Å². The molecule has 1 aliphatic heterocycles. The van der Waals surface area contributed by atoms with Crippen LogP contribution in [0.3, 0.4) is 0 Å². The van der Waals surface area contributed by atoms with Crippen molar-refractivity contribution < 1.29 is 22.7 Å². The van der Waals surface area contributed by atoms with Gasteiger partial charge in [-0.15, -0.1) is 0 Å². The standard InChI is InChI=1S/C29H34N2O5S/c1-35-27-14-13-26(20-28(27)36-2)37(33,34)31(21-25-11-7-4-8-12-25)22-29(32)30-17-15-24(16-18-30)19-23-9-5-3-6-10-23/h3-14,20,24H,15-19,21-22H2,1-2H3. The van der Waals surface area contributed by atoms with Gasteiger partial charge in [0.1, 0.15) is 0 Å². The molecule has 1 saturated heterocycles. The Kier molecular flexibility index (Phi) is 8.84. The van der Waals surface area contributed by atoms with Gasteiger partial charge in [0.25, 0.3) is 0 Å². The third-order valence-corrected chi connectivity index (χ3v) is 8.63. The molecule has 0 radical (unpaired) electrons. The first-order valence-corrected chi connectivity index (χ1v) is 13.9. The predicted octanol–water partition coefficient (Wildman–Crippen LogP) is 4.38. The fourth-order valence-corrected chi connectivity index (χ4v) is 6.12. The van der Waals surface area contributed by atoms with Gasteiger partial charge in [-0.2, -0.15) is 4.31 Å². The molecule has 4 rings (SSSR count). The molecule has 37 heavy (non-hydrogen) atoms. The van der Waals surface area contributed by atoms with E-state index in [1.165, 1.54) is 36.2 Å². The molecule has 1 heterocycles. The maximum absolute atomic E-state index is 13.7. The first kappa shape index (κ1) is 26.7. The van der Waals surface area contributed by atoms with Crippen molar-refractivity contribution in [2.24, 2.45) is 5.92 Å². The Labute approximate surface area is 219 Å². The highest BCUT2D eigenvalue weighted by Gasteiger charge is 2.31. The molecule has 0 unspecified atom stereocenters. The number of ether oxygens (including phenoxy) is 2. The molecule has 0 aromatic heterocycles. The molecule has 8 heteroatoms. The van der Waals surface area contributed by atoms with Crippen LogP contribution in [0, 0.1) is 5.92 Å². The van der Waals surface area contributed by atoms with E-state index in [4.69, 9.17) is 9.47 Å². The molecule has 1 aliphatic rings. The van der Waals surface area contributed by atoms with Gasteiger partial charge in [0.15, 0.2) is 11.5 Å². The third-order valence-electron chi connectivity index (χ3n) is 6.84. The van der Waals surface area contributed by atoms with Crippen molar-refractivity contribution in [3.8, 4) is 11.5 Å². The summed E-state index contributed by atoms with van der Waals surface area (Å²) in [5, 5.41) is 0. The lowest BCUT2D eigenvalue weighted by Gasteiger charge is -2.33. The lowest BCUT2D eigenvalue weighted by atomic mass is 9.90. The van der Waals surface area contributed by atoms with E-state index in [-0.39, 0.29) is 23.9 Å². The van der Waals surface area contributed by atoms with Gasteiger partial charge in [-0.05, 0) is 48.4 Å². The zero-order chi connectivity index (χ0) is 26.3. The number of piperidine rings is 1. The zero-order valence-electron chi connectivity index (χ0n) is 21.4. The molecule has 1 fully saturated rings. The molecule has 196 valence electrons. The van der Waals surface area contributed by atoms with Crippen LogP contribution in [0.15, 0.2) is 83.8 Å². The summed E-state index contributed by atoms with van der Waals surface area (Å²) in [7, 11) is -1.04. The minimum Gasteiger partial charge on any atom is -0.493 e. The number of nitrogens with zero attached hydrogens (tertiary/aromatic N) is 2. The first-order chi connectivity index (χ1) is 17.9. The van der Waals surface area contributed by atoms with E-state index >= 15 is 0 Å². The Morgan fingerprint density at radius 2 is 1.46 bits per heavy atom. The van der Waals surface area contributed by atoms with Gasteiger partial charge in [0, 0.05) is 25.7 Å². The second-order valence-electron chi connectivity index (χ2n) is 9.29. The topological polar surface area (TPSA) is 76.2 Å². The normalized spacial score (nSPS) is 14.5. The van der Waals surface area contributed by atoms with Gasteiger partial charge in [0.05, 0.1) is 25.7 Å². The molecule has 0 aliphatic carbocycles. The Morgan fingerprint density at radius 3 is 2.05 bits per heavy atom. The SMILES string of the molecule is COc1ccc(S(=O)(=O)N(CC(=O)N2CCC(Cc3ccccc3)CC2)Cc2ccccc2)cc1OC. The number of methoxy groups -OCH3 is 2. The Hall–Kier alpha value is -3.36. The largest absolute Gasteiger partial charge is 0.493 e. The highest BCUT2D eigenvalue weighted by atomic mass is 32.2. The summed E-state index contributed by atoms with van der Waals surface area (Å²) in [6.45, 7) is 1.13. The molecular weight excluding hydrogens is 488 g/mol. The average molecular weight is 523 g/mol. The molecule has 1 amide bonds. The van der Waals surface area contributed by atoms with Crippen LogP contribution >= 0.6 is 0 Å². The van der Waals surface area contributed by atoms with E-state index in [2.05, 4.69) is 12.1 Å².